The molecule has 0 saturated carbocycles. The number of carboxylic acid groups (broad SMARTS) is 2. The third kappa shape index (κ3) is 4.84. The van der Waals surface area contributed by atoms with E-state index >= 15 is 0 Å². The lowest BCUT2D eigenvalue weighted by Gasteiger charge is -2.00. The van der Waals surface area contributed by atoms with Crippen molar-refractivity contribution in [1.82, 2.24) is 0 Å². The average molecular weight is 266 g/mol. The van der Waals surface area contributed by atoms with E-state index in [0.717, 1.165) is 28.8 Å². The van der Waals surface area contributed by atoms with E-state index in [1.54, 1.807) is 12.1 Å². The Bertz CT molecular complexity index is 490. The van der Waals surface area contributed by atoms with Gasteiger partial charge in [-0.05, 0) is 30.3 Å². The summed E-state index contributed by atoms with van der Waals surface area (Å²) in [5, 5.41) is 16.9. The molecule has 5 nitrogen and oxygen atoms in total. The molecule has 0 aliphatic rings. The fraction of sp³-hybridized carbons (Fsp3) is 0.0833. The normalized spacial score (nSPS) is 10.4. The Hall–Kier alpha value is -2.08. The minimum absolute atomic E-state index is 0.0494. The SMILES string of the molecule is O=C(O)/C=C/C(=O)c1ccc(SCC(=O)O)cc1. The van der Waals surface area contributed by atoms with Gasteiger partial charge in [-0.1, -0.05) is 0 Å². The molecule has 0 spiro atoms. The second kappa shape index (κ2) is 6.61. The van der Waals surface area contributed by atoms with Crippen LogP contribution in [0.25, 0.3) is 0 Å². The highest BCUT2D eigenvalue weighted by Crippen LogP contribution is 2.18. The van der Waals surface area contributed by atoms with Crippen LogP contribution in [0, 0.1) is 0 Å². The van der Waals surface area contributed by atoms with Gasteiger partial charge in [0.1, 0.15) is 0 Å². The zero-order chi connectivity index (χ0) is 13.5. The largest absolute Gasteiger partial charge is 0.481 e. The quantitative estimate of drug-likeness (QED) is 0.462. The van der Waals surface area contributed by atoms with E-state index in [9.17, 15) is 14.4 Å². The van der Waals surface area contributed by atoms with Gasteiger partial charge in [0.05, 0.1) is 5.75 Å². The summed E-state index contributed by atoms with van der Waals surface area (Å²) in [7, 11) is 0. The number of benzene rings is 1. The molecule has 0 amide bonds. The van der Waals surface area contributed by atoms with Crippen molar-refractivity contribution in [3.05, 3.63) is 42.0 Å². The van der Waals surface area contributed by atoms with Gasteiger partial charge in [-0.15, -0.1) is 11.8 Å². The third-order valence-electron chi connectivity index (χ3n) is 1.88. The van der Waals surface area contributed by atoms with Crippen LogP contribution in [0.15, 0.2) is 41.3 Å². The molecule has 0 aromatic heterocycles. The Morgan fingerprint density at radius 2 is 1.67 bits per heavy atom. The molecule has 2 N–H and O–H groups in total. The van der Waals surface area contributed by atoms with E-state index in [1.165, 1.54) is 12.1 Å². The van der Waals surface area contributed by atoms with Gasteiger partial charge in [0.25, 0.3) is 0 Å². The fourth-order valence-corrected chi connectivity index (χ4v) is 1.72. The van der Waals surface area contributed by atoms with Crippen LogP contribution in [0.1, 0.15) is 10.4 Å². The summed E-state index contributed by atoms with van der Waals surface area (Å²) < 4.78 is 0. The maximum atomic E-state index is 11.5. The van der Waals surface area contributed by atoms with Crippen molar-refractivity contribution in [2.75, 3.05) is 5.75 Å². The van der Waals surface area contributed by atoms with E-state index < -0.39 is 17.7 Å². The number of carbonyl (C=O) groups is 3. The van der Waals surface area contributed by atoms with Crippen molar-refractivity contribution in [3.8, 4) is 0 Å². The van der Waals surface area contributed by atoms with Crippen molar-refractivity contribution in [1.29, 1.82) is 0 Å². The lowest BCUT2D eigenvalue weighted by molar-refractivity contribution is -0.134. The molecule has 0 radical (unpaired) electrons. The summed E-state index contributed by atoms with van der Waals surface area (Å²) >= 11 is 1.14. The summed E-state index contributed by atoms with van der Waals surface area (Å²) in [5.41, 5.74) is 0.354. The van der Waals surface area contributed by atoms with Crippen molar-refractivity contribution < 1.29 is 24.6 Å². The van der Waals surface area contributed by atoms with Gasteiger partial charge < -0.3 is 10.2 Å². The van der Waals surface area contributed by atoms with E-state index in [0.29, 0.717) is 5.56 Å². The lowest BCUT2D eigenvalue weighted by atomic mass is 10.1. The molecule has 1 rings (SSSR count). The molecule has 0 atom stereocenters. The summed E-state index contributed by atoms with van der Waals surface area (Å²) in [6.45, 7) is 0. The van der Waals surface area contributed by atoms with Crippen LogP contribution in [-0.2, 0) is 9.59 Å². The number of thioether (sulfide) groups is 1. The maximum Gasteiger partial charge on any atom is 0.328 e. The molecule has 0 aliphatic carbocycles. The van der Waals surface area contributed by atoms with Crippen molar-refractivity contribution in [2.24, 2.45) is 0 Å². The van der Waals surface area contributed by atoms with Crippen molar-refractivity contribution in [3.63, 3.8) is 0 Å². The second-order valence-corrected chi connectivity index (χ2v) is 4.29. The van der Waals surface area contributed by atoms with E-state index in [-0.39, 0.29) is 5.75 Å². The highest BCUT2D eigenvalue weighted by molar-refractivity contribution is 8.00. The van der Waals surface area contributed by atoms with Crippen LogP contribution in [-0.4, -0.2) is 33.7 Å². The number of aliphatic carboxylic acids is 2. The highest BCUT2D eigenvalue weighted by atomic mass is 32.2. The maximum absolute atomic E-state index is 11.5. The van der Waals surface area contributed by atoms with Crippen LogP contribution >= 0.6 is 11.8 Å². The monoisotopic (exact) mass is 266 g/mol. The molecular formula is C12H10O5S. The number of carboxylic acids is 2. The van der Waals surface area contributed by atoms with E-state index in [1.807, 2.05) is 0 Å². The van der Waals surface area contributed by atoms with Crippen LogP contribution in [0.2, 0.25) is 0 Å². The summed E-state index contributed by atoms with van der Waals surface area (Å²) in [4.78, 5) is 32.8. The van der Waals surface area contributed by atoms with Crippen molar-refractivity contribution in [2.45, 2.75) is 4.90 Å². The number of rotatable bonds is 6. The Balaban J connectivity index is 2.67. The van der Waals surface area contributed by atoms with Crippen LogP contribution < -0.4 is 0 Å². The average Bonchev–Trinajstić information content (AvgIpc) is 2.34. The van der Waals surface area contributed by atoms with Gasteiger partial charge in [-0.3, -0.25) is 9.59 Å². The highest BCUT2D eigenvalue weighted by Gasteiger charge is 2.04. The van der Waals surface area contributed by atoms with E-state index in [4.69, 9.17) is 10.2 Å². The predicted molar refractivity (Wildman–Crippen MR) is 65.9 cm³/mol. The first-order chi connectivity index (χ1) is 8.49. The van der Waals surface area contributed by atoms with Crippen LogP contribution in [0.3, 0.4) is 0 Å². The third-order valence-corrected chi connectivity index (χ3v) is 2.88. The Morgan fingerprint density at radius 3 is 2.17 bits per heavy atom. The first-order valence-corrected chi connectivity index (χ1v) is 5.87. The summed E-state index contributed by atoms with van der Waals surface area (Å²) in [6.07, 6.45) is 1.75. The van der Waals surface area contributed by atoms with Crippen LogP contribution in [0.4, 0.5) is 0 Å². The first kappa shape index (κ1) is 14.0. The van der Waals surface area contributed by atoms with E-state index in [2.05, 4.69) is 0 Å². The fourth-order valence-electron chi connectivity index (χ4n) is 1.10. The zero-order valence-corrected chi connectivity index (χ0v) is 10.0. The van der Waals surface area contributed by atoms with Gasteiger partial charge in [-0.25, -0.2) is 4.79 Å². The molecule has 0 heterocycles. The van der Waals surface area contributed by atoms with Gasteiger partial charge in [-0.2, -0.15) is 0 Å². The molecule has 6 heteroatoms. The van der Waals surface area contributed by atoms with Gasteiger partial charge in [0.15, 0.2) is 5.78 Å². The predicted octanol–water partition coefficient (Wildman–Crippen LogP) is 1.69. The molecule has 0 bridgehead atoms. The first-order valence-electron chi connectivity index (χ1n) is 4.89. The Kier molecular flexibility index (Phi) is 5.13. The Labute approximate surface area is 107 Å². The molecule has 1 aromatic carbocycles. The van der Waals surface area contributed by atoms with Crippen molar-refractivity contribution >= 4 is 29.5 Å². The molecular weight excluding hydrogens is 256 g/mol. The zero-order valence-electron chi connectivity index (χ0n) is 9.20. The topological polar surface area (TPSA) is 91.7 Å². The number of hydrogen-bond acceptors (Lipinski definition) is 4. The van der Waals surface area contributed by atoms with Gasteiger partial charge in [0, 0.05) is 16.5 Å². The molecule has 0 saturated heterocycles. The summed E-state index contributed by atoms with van der Waals surface area (Å²) in [5.74, 6) is -2.56. The standard InChI is InChI=1S/C12H10O5S/c13-10(5-6-11(14)15)8-1-3-9(4-2-8)18-7-12(16)17/h1-6H,7H2,(H,14,15)(H,16,17)/b6-5+. The lowest BCUT2D eigenvalue weighted by Crippen LogP contribution is -1.98. The second-order valence-electron chi connectivity index (χ2n) is 3.24. The number of hydrogen-bond donors (Lipinski definition) is 2. The molecule has 1 aromatic rings. The minimum atomic E-state index is -1.18. The molecule has 0 aliphatic heterocycles. The smallest absolute Gasteiger partial charge is 0.328 e. The minimum Gasteiger partial charge on any atom is -0.481 e. The number of ketones is 1. The number of carbonyl (C=O) groups excluding carboxylic acids is 1. The van der Waals surface area contributed by atoms with Gasteiger partial charge >= 0.3 is 11.9 Å². The summed E-state index contributed by atoms with van der Waals surface area (Å²) in [6, 6.07) is 6.29. The van der Waals surface area contributed by atoms with Gasteiger partial charge in [0.2, 0.25) is 0 Å². The van der Waals surface area contributed by atoms with Crippen LogP contribution in [0.5, 0.6) is 0 Å². The molecule has 0 fully saturated rings. The molecule has 0 unspecified atom stereocenters. The number of allylic oxidation sites excluding steroid dienone is 1. The Morgan fingerprint density at radius 1 is 1.06 bits per heavy atom. The molecule has 94 valence electrons. The molecule has 18 heavy (non-hydrogen) atoms.